The first-order chi connectivity index (χ1) is 17.1. The third-order valence-corrected chi connectivity index (χ3v) is 7.75. The zero-order valence-electron chi connectivity index (χ0n) is 19.2. The number of aliphatic carboxylic acids is 1. The maximum Gasteiger partial charge on any atom is 0.335 e. The van der Waals surface area contributed by atoms with E-state index in [-0.39, 0.29) is 0 Å². The number of hydrogen-bond acceptors (Lipinski definition) is 8. The minimum absolute atomic E-state index is 0.367. The zero-order chi connectivity index (χ0) is 23.6. The Kier molecular flexibility index (Phi) is 4.83. The lowest BCUT2D eigenvalue weighted by Crippen LogP contribution is -2.38. The minimum atomic E-state index is -1.15. The van der Waals surface area contributed by atoms with Gasteiger partial charge in [-0.05, 0) is 24.0 Å². The lowest BCUT2D eigenvalue weighted by Gasteiger charge is -2.26. The highest BCUT2D eigenvalue weighted by Gasteiger charge is 2.62. The van der Waals surface area contributed by atoms with Gasteiger partial charge in [0, 0.05) is 18.9 Å². The topological polar surface area (TPSA) is 121 Å². The van der Waals surface area contributed by atoms with Crippen LogP contribution in [0, 0.1) is 0 Å². The van der Waals surface area contributed by atoms with Gasteiger partial charge in [0.2, 0.25) is 0 Å². The second kappa shape index (κ2) is 7.97. The fourth-order valence-electron chi connectivity index (χ4n) is 6.14. The van der Waals surface area contributed by atoms with Gasteiger partial charge in [0.25, 0.3) is 0 Å². The minimum Gasteiger partial charge on any atom is -0.479 e. The Morgan fingerprint density at radius 1 is 1.03 bits per heavy atom. The summed E-state index contributed by atoms with van der Waals surface area (Å²) in [7, 11) is 0. The zero-order valence-corrected chi connectivity index (χ0v) is 19.2. The van der Waals surface area contributed by atoms with Gasteiger partial charge in [-0.2, -0.15) is 0 Å². The molecule has 2 saturated heterocycles. The summed E-state index contributed by atoms with van der Waals surface area (Å²) in [6, 6.07) is 8.49. The van der Waals surface area contributed by atoms with E-state index in [0.29, 0.717) is 35.9 Å². The molecule has 10 heteroatoms. The molecule has 3 fully saturated rings. The average molecular weight is 478 g/mol. The molecule has 2 aliphatic heterocycles. The molecule has 1 saturated carbocycles. The van der Waals surface area contributed by atoms with Crippen molar-refractivity contribution >= 4 is 23.0 Å². The molecule has 4 atom stereocenters. The fourth-order valence-corrected chi connectivity index (χ4v) is 6.14. The van der Waals surface area contributed by atoms with Crippen molar-refractivity contribution < 1.29 is 24.1 Å². The van der Waals surface area contributed by atoms with E-state index in [1.165, 1.54) is 25.6 Å². The lowest BCUT2D eigenvalue weighted by molar-refractivity contribution is -0.214. The van der Waals surface area contributed by atoms with E-state index in [1.807, 2.05) is 12.1 Å². The Morgan fingerprint density at radius 2 is 1.77 bits per heavy atom. The number of nitrogens with one attached hydrogen (secondary N) is 1. The van der Waals surface area contributed by atoms with Gasteiger partial charge in [-0.3, -0.25) is 4.57 Å². The first-order valence-electron chi connectivity index (χ1n) is 12.3. The van der Waals surface area contributed by atoms with Crippen LogP contribution in [-0.2, 0) is 31.8 Å². The first kappa shape index (κ1) is 21.2. The second-order valence-corrected chi connectivity index (χ2v) is 10.0. The molecule has 2 aliphatic carbocycles. The molecule has 35 heavy (non-hydrogen) atoms. The third-order valence-electron chi connectivity index (χ3n) is 7.75. The number of carboxylic acids is 1. The van der Waals surface area contributed by atoms with Gasteiger partial charge in [0.1, 0.15) is 18.5 Å². The Morgan fingerprint density at radius 3 is 2.51 bits per heavy atom. The molecule has 10 nitrogen and oxygen atoms in total. The smallest absolute Gasteiger partial charge is 0.335 e. The summed E-state index contributed by atoms with van der Waals surface area (Å²) in [6.07, 6.45) is 7.00. The van der Waals surface area contributed by atoms with Crippen LogP contribution < -0.4 is 5.32 Å². The maximum atomic E-state index is 12.1. The molecule has 4 aliphatic rings. The summed E-state index contributed by atoms with van der Waals surface area (Å²) >= 11 is 0. The molecule has 1 aromatic carbocycles. The largest absolute Gasteiger partial charge is 0.479 e. The van der Waals surface area contributed by atoms with Crippen molar-refractivity contribution in [2.75, 3.05) is 5.32 Å². The molecule has 0 bridgehead atoms. The SMILES string of the molecule is O=C(O)[C@H]1O[C@@H](n2cnc3c(NC4CCCCC4)ncnc32)[C@H]2OC3(Cc4ccccc4C3)OC12. The molecular formula is C25H27N5O5. The number of hydrogen-bond donors (Lipinski definition) is 2. The summed E-state index contributed by atoms with van der Waals surface area (Å²) in [5.74, 6) is -1.26. The van der Waals surface area contributed by atoms with Gasteiger partial charge in [0.15, 0.2) is 35.1 Å². The number of carbonyl (C=O) groups is 1. The van der Waals surface area contributed by atoms with Gasteiger partial charge in [0.05, 0.1) is 6.33 Å². The van der Waals surface area contributed by atoms with Crippen LogP contribution in [0.15, 0.2) is 36.9 Å². The molecule has 4 heterocycles. The number of nitrogens with zero attached hydrogens (tertiary/aromatic N) is 4. The van der Waals surface area contributed by atoms with Crippen molar-refractivity contribution in [1.82, 2.24) is 19.5 Å². The summed E-state index contributed by atoms with van der Waals surface area (Å²) < 4.78 is 20.6. The van der Waals surface area contributed by atoms with Crippen molar-refractivity contribution in [3.05, 3.63) is 48.0 Å². The van der Waals surface area contributed by atoms with Crippen molar-refractivity contribution in [1.29, 1.82) is 0 Å². The Hall–Kier alpha value is -3.08. The Balaban J connectivity index is 1.21. The molecule has 1 spiro atoms. The second-order valence-electron chi connectivity index (χ2n) is 10.0. The number of carboxylic acid groups (broad SMARTS) is 1. The quantitative estimate of drug-likeness (QED) is 0.584. The number of fused-ring (bicyclic) bond motifs is 3. The molecule has 2 aromatic heterocycles. The van der Waals surface area contributed by atoms with Gasteiger partial charge in [-0.15, -0.1) is 0 Å². The van der Waals surface area contributed by atoms with Gasteiger partial charge < -0.3 is 24.6 Å². The van der Waals surface area contributed by atoms with Gasteiger partial charge >= 0.3 is 5.97 Å². The van der Waals surface area contributed by atoms with E-state index in [2.05, 4.69) is 32.4 Å². The number of benzene rings is 1. The summed E-state index contributed by atoms with van der Waals surface area (Å²) in [4.78, 5) is 25.6. The van der Waals surface area contributed by atoms with Crippen LogP contribution in [0.2, 0.25) is 0 Å². The van der Waals surface area contributed by atoms with E-state index < -0.39 is 36.3 Å². The average Bonchev–Trinajstić information content (AvgIpc) is 3.61. The molecule has 182 valence electrons. The van der Waals surface area contributed by atoms with Crippen molar-refractivity contribution in [2.24, 2.45) is 0 Å². The van der Waals surface area contributed by atoms with Crippen LogP contribution in [0.3, 0.4) is 0 Å². The van der Waals surface area contributed by atoms with Crippen LogP contribution in [0.1, 0.15) is 49.5 Å². The van der Waals surface area contributed by atoms with Crippen molar-refractivity contribution in [2.45, 2.75) is 81.3 Å². The van der Waals surface area contributed by atoms with Crippen LogP contribution in [0.25, 0.3) is 11.2 Å². The maximum absolute atomic E-state index is 12.1. The normalized spacial score (nSPS) is 29.5. The highest BCUT2D eigenvalue weighted by atomic mass is 16.8. The van der Waals surface area contributed by atoms with E-state index in [0.717, 1.165) is 24.0 Å². The molecule has 2 N–H and O–H groups in total. The highest BCUT2D eigenvalue weighted by Crippen LogP contribution is 2.49. The van der Waals surface area contributed by atoms with Crippen LogP contribution in [-0.4, -0.2) is 60.7 Å². The molecular weight excluding hydrogens is 450 g/mol. The van der Waals surface area contributed by atoms with E-state index >= 15 is 0 Å². The van der Waals surface area contributed by atoms with Crippen LogP contribution in [0.4, 0.5) is 5.82 Å². The molecule has 0 amide bonds. The number of imidazole rings is 1. The van der Waals surface area contributed by atoms with Gasteiger partial charge in [-0.25, -0.2) is 19.7 Å². The highest BCUT2D eigenvalue weighted by molar-refractivity contribution is 5.83. The summed E-state index contributed by atoms with van der Waals surface area (Å²) in [5.41, 5.74) is 3.54. The van der Waals surface area contributed by atoms with E-state index in [4.69, 9.17) is 14.2 Å². The van der Waals surface area contributed by atoms with Crippen LogP contribution >= 0.6 is 0 Å². The lowest BCUT2D eigenvalue weighted by atomic mass is 9.95. The first-order valence-corrected chi connectivity index (χ1v) is 12.3. The number of anilines is 1. The Labute approximate surface area is 201 Å². The predicted molar refractivity (Wildman–Crippen MR) is 124 cm³/mol. The molecule has 3 aromatic rings. The number of aromatic nitrogens is 4. The van der Waals surface area contributed by atoms with E-state index in [9.17, 15) is 9.90 Å². The summed E-state index contributed by atoms with van der Waals surface area (Å²) in [5, 5.41) is 13.4. The Bertz CT molecular complexity index is 1260. The summed E-state index contributed by atoms with van der Waals surface area (Å²) in [6.45, 7) is 0. The monoisotopic (exact) mass is 477 g/mol. The van der Waals surface area contributed by atoms with Gasteiger partial charge in [-0.1, -0.05) is 43.5 Å². The van der Waals surface area contributed by atoms with Crippen molar-refractivity contribution in [3.63, 3.8) is 0 Å². The predicted octanol–water partition coefficient (Wildman–Crippen LogP) is 2.83. The van der Waals surface area contributed by atoms with Crippen molar-refractivity contribution in [3.8, 4) is 0 Å². The molecule has 7 rings (SSSR count). The van der Waals surface area contributed by atoms with Crippen LogP contribution in [0.5, 0.6) is 0 Å². The third kappa shape index (κ3) is 3.42. The van der Waals surface area contributed by atoms with E-state index in [1.54, 1.807) is 10.9 Å². The number of ether oxygens (including phenoxy) is 3. The fraction of sp³-hybridized carbons (Fsp3) is 0.520. The number of rotatable bonds is 4. The molecule has 1 unspecified atom stereocenters. The molecule has 0 radical (unpaired) electrons. The standard InChI is InChI=1S/C25H27N5O5/c31-24(32)20-18-19(35-25(34-18)10-14-6-4-5-7-15(14)11-25)23(33-20)30-13-28-17-21(26-12-27-22(17)30)29-16-8-2-1-3-9-16/h4-7,12-13,16,18-20,23H,1-3,8-11H2,(H,31,32)(H,26,27,29)/t18?,19-,20-,23+/m0/s1.